The standard InChI is InChI=1S/C22H15N5O/c23-12-16-5-1-2-7-19(16)20-11-17(22-25-9-4-10-26-22)14-27(21(20)15-28)18-6-3-8-24-13-18/h1-11,13-15,21H. The predicted molar refractivity (Wildman–Crippen MR) is 106 cm³/mol. The highest BCUT2D eigenvalue weighted by Gasteiger charge is 2.29. The Balaban J connectivity index is 1.93. The molecular weight excluding hydrogens is 350 g/mol. The number of carbonyl (C=O) groups excluding carboxylic acids is 1. The molecule has 6 heteroatoms. The summed E-state index contributed by atoms with van der Waals surface area (Å²) in [6.07, 6.45) is 11.3. The number of nitriles is 1. The highest BCUT2D eigenvalue weighted by atomic mass is 16.1. The number of hydrogen-bond donors (Lipinski definition) is 0. The zero-order valence-electron chi connectivity index (χ0n) is 14.8. The molecule has 0 fully saturated rings. The summed E-state index contributed by atoms with van der Waals surface area (Å²) in [6, 6.07) is 14.3. The molecule has 6 nitrogen and oxygen atoms in total. The van der Waals surface area contributed by atoms with Gasteiger partial charge < -0.3 is 9.69 Å². The van der Waals surface area contributed by atoms with Gasteiger partial charge in [-0.25, -0.2) is 9.97 Å². The smallest absolute Gasteiger partial charge is 0.160 e. The third kappa shape index (κ3) is 3.17. The van der Waals surface area contributed by atoms with Gasteiger partial charge in [0.15, 0.2) is 5.82 Å². The van der Waals surface area contributed by atoms with Gasteiger partial charge >= 0.3 is 0 Å². The van der Waals surface area contributed by atoms with Gasteiger partial charge in [0.05, 0.1) is 23.5 Å². The van der Waals surface area contributed by atoms with E-state index < -0.39 is 6.04 Å². The van der Waals surface area contributed by atoms with E-state index in [1.165, 1.54) is 0 Å². The lowest BCUT2D eigenvalue weighted by Gasteiger charge is -2.33. The Kier molecular flexibility index (Phi) is 4.72. The average Bonchev–Trinajstić information content (AvgIpc) is 2.79. The highest BCUT2D eigenvalue weighted by Crippen LogP contribution is 2.35. The van der Waals surface area contributed by atoms with Crippen LogP contribution in [0.15, 0.2) is 79.5 Å². The van der Waals surface area contributed by atoms with Gasteiger partial charge in [-0.3, -0.25) is 4.98 Å². The summed E-state index contributed by atoms with van der Waals surface area (Å²) < 4.78 is 0. The van der Waals surface area contributed by atoms with E-state index in [1.807, 2.05) is 41.4 Å². The zero-order valence-corrected chi connectivity index (χ0v) is 14.8. The van der Waals surface area contributed by atoms with Crippen molar-refractivity contribution in [2.45, 2.75) is 6.04 Å². The van der Waals surface area contributed by atoms with Crippen LogP contribution in [0.2, 0.25) is 0 Å². The van der Waals surface area contributed by atoms with Gasteiger partial charge in [0.2, 0.25) is 0 Å². The molecule has 134 valence electrons. The molecule has 3 aromatic rings. The number of carbonyl (C=O) groups is 1. The number of benzene rings is 1. The van der Waals surface area contributed by atoms with Crippen molar-refractivity contribution in [3.63, 3.8) is 0 Å². The molecule has 1 aliphatic heterocycles. The van der Waals surface area contributed by atoms with Crippen molar-refractivity contribution in [3.05, 3.63) is 96.5 Å². The summed E-state index contributed by atoms with van der Waals surface area (Å²) >= 11 is 0. The van der Waals surface area contributed by atoms with Crippen molar-refractivity contribution in [2.75, 3.05) is 4.90 Å². The molecule has 0 saturated carbocycles. The average molecular weight is 365 g/mol. The van der Waals surface area contributed by atoms with Crippen LogP contribution in [0, 0.1) is 11.3 Å². The largest absolute Gasteiger partial charge is 0.332 e. The second-order valence-electron chi connectivity index (χ2n) is 6.11. The minimum absolute atomic E-state index is 0.502. The molecule has 0 aliphatic carbocycles. The lowest BCUT2D eigenvalue weighted by atomic mass is 9.90. The number of hydrogen-bond acceptors (Lipinski definition) is 6. The lowest BCUT2D eigenvalue weighted by molar-refractivity contribution is -0.107. The van der Waals surface area contributed by atoms with Crippen LogP contribution in [0.5, 0.6) is 0 Å². The van der Waals surface area contributed by atoms with E-state index in [9.17, 15) is 10.1 Å². The van der Waals surface area contributed by atoms with Crippen molar-refractivity contribution < 1.29 is 4.79 Å². The van der Waals surface area contributed by atoms with E-state index in [4.69, 9.17) is 0 Å². The monoisotopic (exact) mass is 365 g/mol. The first-order valence-electron chi connectivity index (χ1n) is 8.66. The Morgan fingerprint density at radius 2 is 1.86 bits per heavy atom. The number of aromatic nitrogens is 3. The Morgan fingerprint density at radius 1 is 1.04 bits per heavy atom. The molecule has 3 heterocycles. The third-order valence-corrected chi connectivity index (χ3v) is 4.46. The molecule has 1 atom stereocenters. The van der Waals surface area contributed by atoms with Crippen LogP contribution < -0.4 is 4.90 Å². The summed E-state index contributed by atoms with van der Waals surface area (Å²) in [4.78, 5) is 26.8. The topological polar surface area (TPSA) is 82.8 Å². The minimum Gasteiger partial charge on any atom is -0.332 e. The van der Waals surface area contributed by atoms with Gasteiger partial charge in [0, 0.05) is 30.4 Å². The van der Waals surface area contributed by atoms with Crippen molar-refractivity contribution in [1.29, 1.82) is 5.26 Å². The van der Waals surface area contributed by atoms with Gasteiger partial charge in [0.1, 0.15) is 12.3 Å². The minimum atomic E-state index is -0.605. The first-order valence-corrected chi connectivity index (χ1v) is 8.66. The molecule has 1 unspecified atom stereocenters. The number of rotatable bonds is 4. The van der Waals surface area contributed by atoms with Crippen molar-refractivity contribution in [2.24, 2.45) is 0 Å². The summed E-state index contributed by atoms with van der Waals surface area (Å²) in [7, 11) is 0. The molecule has 0 N–H and O–H groups in total. The number of pyridine rings is 1. The molecule has 0 spiro atoms. The Labute approximate surface area is 162 Å². The SMILES string of the molecule is N#Cc1ccccc1C1=CC(c2ncccn2)=CN(c2cccnc2)C1C=O. The Morgan fingerprint density at radius 3 is 2.57 bits per heavy atom. The molecule has 0 amide bonds. The maximum absolute atomic E-state index is 12.1. The lowest BCUT2D eigenvalue weighted by Crippen LogP contribution is -2.36. The number of aldehydes is 1. The number of anilines is 1. The third-order valence-electron chi connectivity index (χ3n) is 4.46. The van der Waals surface area contributed by atoms with E-state index in [0.717, 1.165) is 17.5 Å². The van der Waals surface area contributed by atoms with Gasteiger partial charge in [-0.2, -0.15) is 5.26 Å². The summed E-state index contributed by atoms with van der Waals surface area (Å²) in [5.41, 5.74) is 3.42. The van der Waals surface area contributed by atoms with Crippen LogP contribution in [0.3, 0.4) is 0 Å². The first-order chi connectivity index (χ1) is 13.8. The fourth-order valence-electron chi connectivity index (χ4n) is 3.19. The second-order valence-corrected chi connectivity index (χ2v) is 6.11. The normalized spacial score (nSPS) is 16.0. The number of nitrogens with zero attached hydrogens (tertiary/aromatic N) is 5. The Hall–Kier alpha value is -4.11. The second kappa shape index (κ2) is 7.64. The zero-order chi connectivity index (χ0) is 19.3. The molecule has 1 aromatic carbocycles. The van der Waals surface area contributed by atoms with Crippen LogP contribution in [-0.2, 0) is 4.79 Å². The molecule has 2 aromatic heterocycles. The van der Waals surface area contributed by atoms with Crippen LogP contribution >= 0.6 is 0 Å². The van der Waals surface area contributed by atoms with Crippen LogP contribution in [0.4, 0.5) is 5.69 Å². The van der Waals surface area contributed by atoms with Gasteiger partial charge in [-0.05, 0) is 41.5 Å². The van der Waals surface area contributed by atoms with Crippen LogP contribution in [-0.4, -0.2) is 27.3 Å². The predicted octanol–water partition coefficient (Wildman–Crippen LogP) is 3.26. The molecule has 0 saturated heterocycles. The maximum atomic E-state index is 12.1. The van der Waals surface area contributed by atoms with Crippen molar-refractivity contribution in [1.82, 2.24) is 15.0 Å². The fraction of sp³-hybridized carbons (Fsp3) is 0.0455. The molecule has 4 rings (SSSR count). The van der Waals surface area contributed by atoms with E-state index >= 15 is 0 Å². The Bertz CT molecular complexity index is 1100. The van der Waals surface area contributed by atoms with Crippen LogP contribution in [0.1, 0.15) is 17.0 Å². The van der Waals surface area contributed by atoms with E-state index in [-0.39, 0.29) is 0 Å². The highest BCUT2D eigenvalue weighted by molar-refractivity contribution is 5.98. The molecule has 0 bridgehead atoms. The van der Waals surface area contributed by atoms with E-state index in [2.05, 4.69) is 21.0 Å². The van der Waals surface area contributed by atoms with Crippen molar-refractivity contribution in [3.8, 4) is 6.07 Å². The van der Waals surface area contributed by atoms with Crippen LogP contribution in [0.25, 0.3) is 11.1 Å². The van der Waals surface area contributed by atoms with Gasteiger partial charge in [-0.1, -0.05) is 18.2 Å². The van der Waals surface area contributed by atoms with Gasteiger partial charge in [-0.15, -0.1) is 0 Å². The van der Waals surface area contributed by atoms with Gasteiger partial charge in [0.25, 0.3) is 0 Å². The molecular formula is C22H15N5O. The molecule has 1 aliphatic rings. The maximum Gasteiger partial charge on any atom is 0.160 e. The summed E-state index contributed by atoms with van der Waals surface area (Å²) in [6.45, 7) is 0. The first kappa shape index (κ1) is 17.3. The summed E-state index contributed by atoms with van der Waals surface area (Å²) in [5.74, 6) is 0.535. The van der Waals surface area contributed by atoms with Crippen molar-refractivity contribution >= 4 is 23.1 Å². The molecule has 0 radical (unpaired) electrons. The quantitative estimate of drug-likeness (QED) is 0.660. The van der Waals surface area contributed by atoms with E-state index in [0.29, 0.717) is 22.5 Å². The molecule has 28 heavy (non-hydrogen) atoms. The fourth-order valence-corrected chi connectivity index (χ4v) is 3.19. The summed E-state index contributed by atoms with van der Waals surface area (Å²) in [5, 5.41) is 9.55. The van der Waals surface area contributed by atoms with E-state index in [1.54, 1.807) is 43.0 Å². The number of allylic oxidation sites excluding steroid dienone is 2.